The number of benzene rings is 1. The molecule has 1 aliphatic heterocycles. The van der Waals surface area contributed by atoms with Crippen molar-refractivity contribution in [2.75, 3.05) is 0 Å². The van der Waals surface area contributed by atoms with Crippen LogP contribution in [0.25, 0.3) is 5.69 Å². The van der Waals surface area contributed by atoms with Crippen molar-refractivity contribution in [1.82, 2.24) is 25.9 Å². The molecule has 116 valence electrons. The Morgan fingerprint density at radius 2 is 1.82 bits per heavy atom. The predicted octanol–water partition coefficient (Wildman–Crippen LogP) is 3.23. The van der Waals surface area contributed by atoms with Gasteiger partial charge in [-0.05, 0) is 26.0 Å². The second kappa shape index (κ2) is 5.96. The van der Waals surface area contributed by atoms with Crippen LogP contribution < -0.4 is 11.1 Å². The van der Waals surface area contributed by atoms with Gasteiger partial charge in [0.2, 0.25) is 0 Å². The molecule has 0 fully saturated rings. The molecule has 3 rings (SSSR count). The molecule has 0 aliphatic carbocycles. The van der Waals surface area contributed by atoms with Crippen LogP contribution in [0.15, 0.2) is 29.5 Å². The van der Waals surface area contributed by atoms with E-state index in [0.29, 0.717) is 32.3 Å². The minimum absolute atomic E-state index is 0.178. The van der Waals surface area contributed by atoms with E-state index >= 15 is 0 Å². The molecule has 0 saturated carbocycles. The second-order valence-corrected chi connectivity index (χ2v) is 6.13. The lowest BCUT2D eigenvalue weighted by Gasteiger charge is -2.22. The highest BCUT2D eigenvalue weighted by molar-refractivity contribution is 6.38. The third kappa shape index (κ3) is 2.52. The maximum atomic E-state index is 6.47. The molecular weight excluding hydrogens is 347 g/mol. The Bertz CT molecular complexity index is 719. The minimum atomic E-state index is 0.178. The fourth-order valence-electron chi connectivity index (χ4n) is 2.13. The van der Waals surface area contributed by atoms with Gasteiger partial charge in [0, 0.05) is 6.04 Å². The zero-order chi connectivity index (χ0) is 15.9. The lowest BCUT2D eigenvalue weighted by molar-refractivity contribution is 0.246. The molecule has 2 aromatic rings. The van der Waals surface area contributed by atoms with Gasteiger partial charge in [-0.15, -0.1) is 10.6 Å². The number of hydrazine groups is 2. The summed E-state index contributed by atoms with van der Waals surface area (Å²) < 4.78 is 1.50. The van der Waals surface area contributed by atoms with Crippen LogP contribution in [0.5, 0.6) is 0 Å². The zero-order valence-corrected chi connectivity index (χ0v) is 14.1. The molecule has 22 heavy (non-hydrogen) atoms. The van der Waals surface area contributed by atoms with Gasteiger partial charge in [0.15, 0.2) is 5.84 Å². The number of halogens is 3. The van der Waals surface area contributed by atoms with Crippen LogP contribution in [0.1, 0.15) is 19.4 Å². The largest absolute Gasteiger partial charge is 0.268 e. The molecule has 0 unspecified atom stereocenters. The molecule has 6 nitrogen and oxygen atoms in total. The van der Waals surface area contributed by atoms with Crippen molar-refractivity contribution in [2.24, 2.45) is 5.10 Å². The topological polar surface area (TPSA) is 57.5 Å². The molecule has 2 heterocycles. The first-order chi connectivity index (χ1) is 10.5. The van der Waals surface area contributed by atoms with Gasteiger partial charge in [-0.25, -0.2) is 10.2 Å². The molecule has 0 radical (unpaired) electrons. The molecular formula is C13H13Cl3N6. The van der Waals surface area contributed by atoms with Gasteiger partial charge in [-0.3, -0.25) is 5.01 Å². The Morgan fingerprint density at radius 3 is 2.45 bits per heavy atom. The summed E-state index contributed by atoms with van der Waals surface area (Å²) >= 11 is 18.9. The first-order valence-corrected chi connectivity index (χ1v) is 7.70. The molecule has 1 aliphatic rings. The van der Waals surface area contributed by atoms with Crippen LogP contribution in [-0.2, 0) is 0 Å². The average molecular weight is 360 g/mol. The van der Waals surface area contributed by atoms with Gasteiger partial charge in [-0.2, -0.15) is 5.10 Å². The van der Waals surface area contributed by atoms with E-state index in [1.165, 1.54) is 4.68 Å². The van der Waals surface area contributed by atoms with Crippen LogP contribution >= 0.6 is 34.8 Å². The van der Waals surface area contributed by atoms with E-state index < -0.39 is 0 Å². The van der Waals surface area contributed by atoms with Crippen LogP contribution in [0.4, 0.5) is 0 Å². The summed E-state index contributed by atoms with van der Waals surface area (Å²) in [6.45, 7) is 4.05. The molecule has 2 N–H and O–H groups in total. The van der Waals surface area contributed by atoms with Gasteiger partial charge < -0.3 is 0 Å². The zero-order valence-electron chi connectivity index (χ0n) is 11.8. The van der Waals surface area contributed by atoms with E-state index in [1.54, 1.807) is 24.4 Å². The van der Waals surface area contributed by atoms with Crippen molar-refractivity contribution < 1.29 is 0 Å². The van der Waals surface area contributed by atoms with Gasteiger partial charge in [0.1, 0.15) is 10.8 Å². The third-order valence-electron chi connectivity index (χ3n) is 3.18. The summed E-state index contributed by atoms with van der Waals surface area (Å²) in [5, 5.41) is 11.7. The van der Waals surface area contributed by atoms with Gasteiger partial charge in [-0.1, -0.05) is 40.9 Å². The Labute approximate surface area is 142 Å². The monoisotopic (exact) mass is 358 g/mol. The Kier molecular flexibility index (Phi) is 4.18. The number of nitrogens with one attached hydrogen (secondary N) is 2. The fraction of sp³-hybridized carbons (Fsp3) is 0.231. The van der Waals surface area contributed by atoms with Gasteiger partial charge >= 0.3 is 0 Å². The van der Waals surface area contributed by atoms with Gasteiger partial charge in [0.05, 0.1) is 21.8 Å². The summed E-state index contributed by atoms with van der Waals surface area (Å²) in [5.74, 6) is 0.648. The van der Waals surface area contributed by atoms with E-state index in [4.69, 9.17) is 34.8 Å². The molecule has 0 atom stereocenters. The maximum absolute atomic E-state index is 6.47. The van der Waals surface area contributed by atoms with Crippen molar-refractivity contribution in [3.05, 3.63) is 45.2 Å². The van der Waals surface area contributed by atoms with E-state index in [9.17, 15) is 0 Å². The Hall–Kier alpha value is -1.47. The summed E-state index contributed by atoms with van der Waals surface area (Å²) in [4.78, 5) is 0. The summed E-state index contributed by atoms with van der Waals surface area (Å²) in [6.07, 6.45) is 1.63. The van der Waals surface area contributed by atoms with Crippen molar-refractivity contribution in [2.45, 2.75) is 19.9 Å². The van der Waals surface area contributed by atoms with Crippen LogP contribution in [0, 0.1) is 0 Å². The number of hydrogen-bond donors (Lipinski definition) is 2. The number of rotatable bonds is 3. The number of nitrogens with zero attached hydrogens (tertiary/aromatic N) is 4. The SMILES string of the molecule is CC(C)N1NNN=C1c1cnn(-c2c(Cl)cccc2Cl)c1Cl. The van der Waals surface area contributed by atoms with Crippen molar-refractivity contribution in [3.8, 4) is 5.69 Å². The molecule has 1 aromatic heterocycles. The third-order valence-corrected chi connectivity index (χ3v) is 4.15. The summed E-state index contributed by atoms with van der Waals surface area (Å²) in [6, 6.07) is 5.41. The lowest BCUT2D eigenvalue weighted by Crippen LogP contribution is -2.45. The van der Waals surface area contributed by atoms with E-state index in [-0.39, 0.29) is 6.04 Å². The first-order valence-electron chi connectivity index (χ1n) is 6.56. The highest BCUT2D eigenvalue weighted by Gasteiger charge is 2.26. The Balaban J connectivity index is 2.07. The highest BCUT2D eigenvalue weighted by atomic mass is 35.5. The average Bonchev–Trinajstić information content (AvgIpc) is 3.06. The number of amidine groups is 1. The molecule has 9 heteroatoms. The second-order valence-electron chi connectivity index (χ2n) is 4.95. The number of hydrogen-bond acceptors (Lipinski definition) is 5. The van der Waals surface area contributed by atoms with Crippen LogP contribution in [0.3, 0.4) is 0 Å². The minimum Gasteiger partial charge on any atom is -0.268 e. The van der Waals surface area contributed by atoms with E-state index in [0.717, 1.165) is 0 Å². The molecule has 0 bridgehead atoms. The number of aromatic nitrogens is 2. The van der Waals surface area contributed by atoms with Crippen molar-refractivity contribution in [3.63, 3.8) is 0 Å². The molecule has 0 spiro atoms. The summed E-state index contributed by atoms with van der Waals surface area (Å²) in [5.41, 5.74) is 6.86. The van der Waals surface area contributed by atoms with Crippen LogP contribution in [0.2, 0.25) is 15.2 Å². The normalized spacial score (nSPS) is 14.5. The standard InChI is InChI=1S/C13H13Cl3N6/c1-7(2)21-13(18-19-20-21)8-6-17-22(12(8)16)11-9(14)4-3-5-10(11)15/h3-7,19-20H,1-2H3. The van der Waals surface area contributed by atoms with E-state index in [2.05, 4.69) is 21.3 Å². The fourth-order valence-corrected chi connectivity index (χ4v) is 2.95. The Morgan fingerprint density at radius 1 is 1.14 bits per heavy atom. The maximum Gasteiger partial charge on any atom is 0.178 e. The quantitative estimate of drug-likeness (QED) is 0.883. The van der Waals surface area contributed by atoms with Gasteiger partial charge in [0.25, 0.3) is 0 Å². The van der Waals surface area contributed by atoms with Crippen molar-refractivity contribution >= 4 is 40.6 Å². The van der Waals surface area contributed by atoms with E-state index in [1.807, 2.05) is 18.9 Å². The number of hydrazone groups is 1. The van der Waals surface area contributed by atoms with Crippen molar-refractivity contribution in [1.29, 1.82) is 0 Å². The summed E-state index contributed by atoms with van der Waals surface area (Å²) in [7, 11) is 0. The molecule has 1 aromatic carbocycles. The predicted molar refractivity (Wildman–Crippen MR) is 88.4 cm³/mol. The number of para-hydroxylation sites is 1. The molecule has 0 amide bonds. The van der Waals surface area contributed by atoms with Crippen LogP contribution in [-0.4, -0.2) is 26.7 Å². The first kappa shape index (κ1) is 15.4. The smallest absolute Gasteiger partial charge is 0.178 e. The highest BCUT2D eigenvalue weighted by Crippen LogP contribution is 2.32. The lowest BCUT2D eigenvalue weighted by atomic mass is 10.2. The molecule has 0 saturated heterocycles.